The average molecular weight is 408 g/mol. The van der Waals surface area contributed by atoms with Crippen LogP contribution in [0.4, 0.5) is 0 Å². The number of carbonyl (C=O) groups excluding carboxylic acids is 1. The van der Waals surface area contributed by atoms with E-state index in [9.17, 15) is 9.59 Å². The molecule has 30 heavy (non-hydrogen) atoms. The van der Waals surface area contributed by atoms with Gasteiger partial charge in [-0.15, -0.1) is 0 Å². The number of rotatable bonds is 7. The summed E-state index contributed by atoms with van der Waals surface area (Å²) in [4.78, 5) is 25.2. The molecule has 1 amide bonds. The number of hydrogen-bond donors (Lipinski definition) is 1. The van der Waals surface area contributed by atoms with E-state index in [1.807, 2.05) is 45.0 Å². The Bertz CT molecular complexity index is 1150. The molecule has 0 radical (unpaired) electrons. The standard InChI is InChI=1S/C24H28N2O4/c1-15-10-17(3)24-19(11-15)16(2)12-23(28)26(24)14-22(27)25-9-8-18-6-7-20(29-4)21(13-18)30-5/h6-7,10-13H,8-9,14H2,1-5H3,(H,25,27). The van der Waals surface area contributed by atoms with Crippen LogP contribution in [-0.2, 0) is 17.8 Å². The zero-order valence-corrected chi connectivity index (χ0v) is 18.2. The number of aryl methyl sites for hydroxylation is 3. The van der Waals surface area contributed by atoms with Gasteiger partial charge in [-0.2, -0.15) is 0 Å². The lowest BCUT2D eigenvalue weighted by molar-refractivity contribution is -0.121. The summed E-state index contributed by atoms with van der Waals surface area (Å²) in [6.07, 6.45) is 0.647. The minimum absolute atomic E-state index is 0.00848. The lowest BCUT2D eigenvalue weighted by Crippen LogP contribution is -2.33. The van der Waals surface area contributed by atoms with Gasteiger partial charge in [0.25, 0.3) is 5.56 Å². The zero-order chi connectivity index (χ0) is 21.8. The van der Waals surface area contributed by atoms with Gasteiger partial charge >= 0.3 is 0 Å². The molecule has 1 aromatic heterocycles. The van der Waals surface area contributed by atoms with E-state index in [1.54, 1.807) is 24.9 Å². The molecule has 0 unspecified atom stereocenters. The highest BCUT2D eigenvalue weighted by molar-refractivity contribution is 5.87. The highest BCUT2D eigenvalue weighted by Gasteiger charge is 2.13. The van der Waals surface area contributed by atoms with Crippen LogP contribution in [-0.4, -0.2) is 31.2 Å². The van der Waals surface area contributed by atoms with E-state index in [4.69, 9.17) is 9.47 Å². The SMILES string of the molecule is COc1ccc(CCNC(=O)Cn2c(=O)cc(C)c3cc(C)cc(C)c32)cc1OC. The van der Waals surface area contributed by atoms with Gasteiger partial charge < -0.3 is 14.8 Å². The van der Waals surface area contributed by atoms with E-state index >= 15 is 0 Å². The van der Waals surface area contributed by atoms with Gasteiger partial charge in [-0.1, -0.05) is 17.7 Å². The van der Waals surface area contributed by atoms with Crippen LogP contribution in [0.3, 0.4) is 0 Å². The first kappa shape index (κ1) is 21.4. The number of nitrogens with one attached hydrogen (secondary N) is 1. The number of amides is 1. The first-order valence-electron chi connectivity index (χ1n) is 9.93. The molecule has 0 bridgehead atoms. The minimum atomic E-state index is -0.192. The van der Waals surface area contributed by atoms with Crippen molar-refractivity contribution in [2.45, 2.75) is 33.7 Å². The van der Waals surface area contributed by atoms with Crippen molar-refractivity contribution in [3.05, 3.63) is 69.0 Å². The predicted octanol–water partition coefficient (Wildman–Crippen LogP) is 3.30. The summed E-state index contributed by atoms with van der Waals surface area (Å²) in [5, 5.41) is 3.92. The number of methoxy groups -OCH3 is 2. The van der Waals surface area contributed by atoms with Crippen LogP contribution >= 0.6 is 0 Å². The maximum atomic E-state index is 12.6. The van der Waals surface area contributed by atoms with Gasteiger partial charge in [0, 0.05) is 18.0 Å². The van der Waals surface area contributed by atoms with Gasteiger partial charge in [-0.25, -0.2) is 0 Å². The molecular weight excluding hydrogens is 380 g/mol. The zero-order valence-electron chi connectivity index (χ0n) is 18.2. The van der Waals surface area contributed by atoms with Crippen LogP contribution in [0.1, 0.15) is 22.3 Å². The Morgan fingerprint density at radius 2 is 1.70 bits per heavy atom. The number of benzene rings is 2. The summed E-state index contributed by atoms with van der Waals surface area (Å²) in [5.41, 5.74) is 4.73. The number of pyridine rings is 1. The third-order valence-electron chi connectivity index (χ3n) is 5.23. The normalized spacial score (nSPS) is 10.8. The lowest BCUT2D eigenvalue weighted by Gasteiger charge is -2.15. The van der Waals surface area contributed by atoms with Gasteiger partial charge in [0.05, 0.1) is 19.7 Å². The van der Waals surface area contributed by atoms with Crippen LogP contribution in [0.25, 0.3) is 10.9 Å². The number of aromatic nitrogens is 1. The van der Waals surface area contributed by atoms with Crippen LogP contribution in [0.15, 0.2) is 41.2 Å². The second-order valence-electron chi connectivity index (χ2n) is 7.52. The molecule has 3 aromatic rings. The number of hydrogen-bond acceptors (Lipinski definition) is 4. The Hall–Kier alpha value is -3.28. The monoisotopic (exact) mass is 408 g/mol. The fraction of sp³-hybridized carbons (Fsp3) is 0.333. The van der Waals surface area contributed by atoms with Crippen molar-refractivity contribution in [1.82, 2.24) is 9.88 Å². The smallest absolute Gasteiger partial charge is 0.251 e. The third-order valence-corrected chi connectivity index (χ3v) is 5.23. The largest absolute Gasteiger partial charge is 0.493 e. The van der Waals surface area contributed by atoms with Gasteiger partial charge in [-0.3, -0.25) is 14.2 Å². The first-order chi connectivity index (χ1) is 14.3. The molecule has 0 fully saturated rings. The summed E-state index contributed by atoms with van der Waals surface area (Å²) in [6.45, 7) is 6.38. The molecule has 0 aliphatic carbocycles. The number of ether oxygens (including phenoxy) is 2. The van der Waals surface area contributed by atoms with Crippen LogP contribution < -0.4 is 20.3 Å². The van der Waals surface area contributed by atoms with Crippen molar-refractivity contribution in [2.24, 2.45) is 0 Å². The van der Waals surface area contributed by atoms with E-state index < -0.39 is 0 Å². The van der Waals surface area contributed by atoms with E-state index in [0.29, 0.717) is 24.5 Å². The molecule has 0 aliphatic heterocycles. The van der Waals surface area contributed by atoms with Crippen molar-refractivity contribution >= 4 is 16.8 Å². The molecule has 0 spiro atoms. The second-order valence-corrected chi connectivity index (χ2v) is 7.52. The molecule has 0 atom stereocenters. The Morgan fingerprint density at radius 1 is 0.967 bits per heavy atom. The van der Waals surface area contributed by atoms with Gasteiger partial charge in [0.2, 0.25) is 5.91 Å². The topological polar surface area (TPSA) is 69.6 Å². The van der Waals surface area contributed by atoms with Gasteiger partial charge in [0.1, 0.15) is 6.54 Å². The molecule has 2 aromatic carbocycles. The van der Waals surface area contributed by atoms with E-state index in [1.165, 1.54) is 0 Å². The molecule has 1 N–H and O–H groups in total. The highest BCUT2D eigenvalue weighted by atomic mass is 16.5. The van der Waals surface area contributed by atoms with Gasteiger partial charge in [-0.05, 0) is 62.1 Å². The summed E-state index contributed by atoms with van der Waals surface area (Å²) in [6, 6.07) is 11.4. The number of nitrogens with zero attached hydrogens (tertiary/aromatic N) is 1. The molecule has 6 heteroatoms. The van der Waals surface area contributed by atoms with E-state index in [2.05, 4.69) is 11.4 Å². The Labute approximate surface area is 176 Å². The number of carbonyl (C=O) groups is 1. The Balaban J connectivity index is 1.73. The second kappa shape index (κ2) is 9.03. The summed E-state index contributed by atoms with van der Waals surface area (Å²) < 4.78 is 12.1. The predicted molar refractivity (Wildman–Crippen MR) is 119 cm³/mol. The molecule has 0 aliphatic rings. The van der Waals surface area contributed by atoms with Gasteiger partial charge in [0.15, 0.2) is 11.5 Å². The van der Waals surface area contributed by atoms with Crippen molar-refractivity contribution in [3.8, 4) is 11.5 Å². The fourth-order valence-electron chi connectivity index (χ4n) is 3.81. The molecular formula is C24H28N2O4. The minimum Gasteiger partial charge on any atom is -0.493 e. The van der Waals surface area contributed by atoms with E-state index in [-0.39, 0.29) is 18.0 Å². The summed E-state index contributed by atoms with van der Waals surface area (Å²) in [5.74, 6) is 1.13. The van der Waals surface area contributed by atoms with Crippen LogP contribution in [0.2, 0.25) is 0 Å². The molecule has 0 saturated carbocycles. The third kappa shape index (κ3) is 4.48. The first-order valence-corrected chi connectivity index (χ1v) is 9.93. The lowest BCUT2D eigenvalue weighted by atomic mass is 10.0. The van der Waals surface area contributed by atoms with E-state index in [0.717, 1.165) is 33.2 Å². The molecule has 158 valence electrons. The van der Waals surface area contributed by atoms with Crippen molar-refractivity contribution < 1.29 is 14.3 Å². The van der Waals surface area contributed by atoms with Crippen LogP contribution in [0.5, 0.6) is 11.5 Å². The number of fused-ring (bicyclic) bond motifs is 1. The Kier molecular flexibility index (Phi) is 6.45. The van der Waals surface area contributed by atoms with Crippen molar-refractivity contribution in [1.29, 1.82) is 0 Å². The Morgan fingerprint density at radius 3 is 2.40 bits per heavy atom. The summed E-state index contributed by atoms with van der Waals surface area (Å²) >= 11 is 0. The molecule has 0 saturated heterocycles. The molecule has 6 nitrogen and oxygen atoms in total. The van der Waals surface area contributed by atoms with Crippen molar-refractivity contribution in [2.75, 3.05) is 20.8 Å². The maximum absolute atomic E-state index is 12.6. The van der Waals surface area contributed by atoms with Crippen LogP contribution in [0, 0.1) is 20.8 Å². The highest BCUT2D eigenvalue weighted by Crippen LogP contribution is 2.27. The quantitative estimate of drug-likeness (QED) is 0.651. The average Bonchev–Trinajstić information content (AvgIpc) is 2.70. The molecule has 1 heterocycles. The summed E-state index contributed by atoms with van der Waals surface area (Å²) in [7, 11) is 3.19. The van der Waals surface area contributed by atoms with Crippen molar-refractivity contribution in [3.63, 3.8) is 0 Å². The molecule has 3 rings (SSSR count). The maximum Gasteiger partial charge on any atom is 0.251 e. The fourth-order valence-corrected chi connectivity index (χ4v) is 3.81.